The van der Waals surface area contributed by atoms with E-state index in [1.54, 1.807) is 18.3 Å². The first-order chi connectivity index (χ1) is 16.5. The Kier molecular flexibility index (Phi) is 8.08. The van der Waals surface area contributed by atoms with Crippen LogP contribution in [0.25, 0.3) is 0 Å². The van der Waals surface area contributed by atoms with E-state index >= 15 is 0 Å². The maximum Gasteiger partial charge on any atom is 0.244 e. The number of hydrogen-bond donors (Lipinski definition) is 1. The minimum absolute atomic E-state index is 0.171. The topological polar surface area (TPSA) is 78.4 Å². The van der Waals surface area contributed by atoms with Crippen LogP contribution >= 0.6 is 31.9 Å². The number of nitrogens with zero attached hydrogens (tertiary/aromatic N) is 1. The highest BCUT2D eigenvalue weighted by Crippen LogP contribution is 2.37. The van der Waals surface area contributed by atoms with E-state index < -0.39 is 0 Å². The molecule has 0 radical (unpaired) electrons. The van der Waals surface area contributed by atoms with Gasteiger partial charge in [0.05, 0.1) is 23.7 Å². The summed E-state index contributed by atoms with van der Waals surface area (Å²) >= 11 is 6.99. The minimum Gasteiger partial charge on any atom is -0.490 e. The molecule has 0 saturated heterocycles. The number of nitrogens with one attached hydrogen (secondary N) is 1. The Bertz CT molecular complexity index is 1200. The quantitative estimate of drug-likeness (QED) is 0.259. The van der Waals surface area contributed by atoms with Gasteiger partial charge in [-0.2, -0.15) is 5.10 Å². The number of amides is 1. The van der Waals surface area contributed by atoms with Crippen molar-refractivity contribution in [1.82, 2.24) is 5.43 Å². The van der Waals surface area contributed by atoms with Gasteiger partial charge >= 0.3 is 0 Å². The average Bonchev–Trinajstić information content (AvgIpc) is 3.28. The van der Waals surface area contributed by atoms with Crippen molar-refractivity contribution in [3.63, 3.8) is 0 Å². The number of hydrogen-bond acceptors (Lipinski definition) is 6. The predicted molar refractivity (Wildman–Crippen MR) is 136 cm³/mol. The molecule has 0 bridgehead atoms. The third-order valence-electron chi connectivity index (χ3n) is 4.83. The number of hydrazone groups is 1. The molecule has 0 fully saturated rings. The van der Waals surface area contributed by atoms with E-state index in [1.165, 1.54) is 0 Å². The number of rotatable bonds is 9. The summed E-state index contributed by atoms with van der Waals surface area (Å²) in [4.78, 5) is 12.3. The molecule has 176 valence electrons. The van der Waals surface area contributed by atoms with Crippen molar-refractivity contribution in [1.29, 1.82) is 0 Å². The summed E-state index contributed by atoms with van der Waals surface area (Å²) in [5.74, 6) is 2.27. The lowest BCUT2D eigenvalue weighted by atomic mass is 10.1. The molecule has 9 heteroatoms. The predicted octanol–water partition coefficient (Wildman–Crippen LogP) is 5.61. The molecular formula is C25H22Br2N2O5. The largest absolute Gasteiger partial charge is 0.490 e. The molecule has 1 aliphatic heterocycles. The molecule has 34 heavy (non-hydrogen) atoms. The van der Waals surface area contributed by atoms with Gasteiger partial charge in [0.1, 0.15) is 6.61 Å². The van der Waals surface area contributed by atoms with Gasteiger partial charge in [0, 0.05) is 4.47 Å². The fraction of sp³-hybridized carbons (Fsp3) is 0.200. The first kappa shape index (κ1) is 24.1. The van der Waals surface area contributed by atoms with E-state index in [9.17, 15) is 4.79 Å². The van der Waals surface area contributed by atoms with Crippen molar-refractivity contribution in [3.05, 3.63) is 80.2 Å². The molecule has 1 aliphatic rings. The Morgan fingerprint density at radius 2 is 1.79 bits per heavy atom. The Morgan fingerprint density at radius 1 is 1.03 bits per heavy atom. The van der Waals surface area contributed by atoms with Crippen LogP contribution in [0, 0.1) is 0 Å². The van der Waals surface area contributed by atoms with E-state index in [-0.39, 0.29) is 19.1 Å². The molecule has 0 unspecified atom stereocenters. The summed E-state index contributed by atoms with van der Waals surface area (Å²) < 4.78 is 24.2. The lowest BCUT2D eigenvalue weighted by Gasteiger charge is -2.14. The molecule has 1 amide bonds. The normalized spacial score (nSPS) is 12.1. The number of benzene rings is 3. The van der Waals surface area contributed by atoms with Crippen LogP contribution in [0.15, 0.2) is 68.6 Å². The van der Waals surface area contributed by atoms with Crippen LogP contribution in [-0.2, 0) is 17.8 Å². The van der Waals surface area contributed by atoms with Crippen LogP contribution in [0.2, 0.25) is 0 Å². The Hall–Kier alpha value is -3.04. The number of ether oxygens (including phenoxy) is 4. The second-order valence-corrected chi connectivity index (χ2v) is 9.11. The molecule has 7 nitrogen and oxygen atoms in total. The lowest BCUT2D eigenvalue weighted by Crippen LogP contribution is -2.19. The van der Waals surface area contributed by atoms with Crippen molar-refractivity contribution in [2.75, 3.05) is 13.4 Å². The molecule has 3 aromatic rings. The molecule has 0 aromatic heterocycles. The van der Waals surface area contributed by atoms with Gasteiger partial charge in [-0.3, -0.25) is 4.79 Å². The number of fused-ring (bicyclic) bond motifs is 1. The van der Waals surface area contributed by atoms with Gasteiger partial charge in [-0.1, -0.05) is 34.1 Å². The maximum atomic E-state index is 12.3. The molecule has 0 spiro atoms. The van der Waals surface area contributed by atoms with Gasteiger partial charge in [-0.15, -0.1) is 0 Å². The monoisotopic (exact) mass is 588 g/mol. The second-order valence-electron chi connectivity index (χ2n) is 7.34. The zero-order valence-electron chi connectivity index (χ0n) is 18.3. The molecule has 0 atom stereocenters. The summed E-state index contributed by atoms with van der Waals surface area (Å²) in [6.45, 7) is 2.98. The average molecular weight is 590 g/mol. The van der Waals surface area contributed by atoms with E-state index in [0.29, 0.717) is 36.2 Å². The maximum absolute atomic E-state index is 12.3. The third-order valence-corrected chi connectivity index (χ3v) is 5.95. The van der Waals surface area contributed by atoms with E-state index in [0.717, 1.165) is 25.6 Å². The van der Waals surface area contributed by atoms with Gasteiger partial charge in [0.25, 0.3) is 0 Å². The Balaban J connectivity index is 1.38. The van der Waals surface area contributed by atoms with Gasteiger partial charge in [0.15, 0.2) is 23.0 Å². The molecule has 1 heterocycles. The van der Waals surface area contributed by atoms with E-state index in [1.807, 2.05) is 49.4 Å². The van der Waals surface area contributed by atoms with Crippen LogP contribution in [0.5, 0.6) is 23.0 Å². The molecule has 1 N–H and O–H groups in total. The van der Waals surface area contributed by atoms with Crippen molar-refractivity contribution >= 4 is 44.0 Å². The Labute approximate surface area is 214 Å². The zero-order chi connectivity index (χ0) is 23.9. The third kappa shape index (κ3) is 6.30. The van der Waals surface area contributed by atoms with Crippen LogP contribution in [0.1, 0.15) is 23.6 Å². The summed E-state index contributed by atoms with van der Waals surface area (Å²) in [6.07, 6.45) is 1.73. The summed E-state index contributed by atoms with van der Waals surface area (Å²) in [7, 11) is 0. The van der Waals surface area contributed by atoms with Gasteiger partial charge < -0.3 is 18.9 Å². The summed E-state index contributed by atoms with van der Waals surface area (Å²) in [6, 6.07) is 17.0. The molecule has 0 aliphatic carbocycles. The van der Waals surface area contributed by atoms with Crippen molar-refractivity contribution in [2.45, 2.75) is 20.0 Å². The molecule has 3 aromatic carbocycles. The SMILES string of the molecule is CCOc1cc(/C=N/NC(=O)Cc2ccc3c(c2)OCO3)cc(Br)c1OCc1ccc(Br)cc1. The van der Waals surface area contributed by atoms with Gasteiger partial charge in [-0.05, 0) is 75.9 Å². The molecular weight excluding hydrogens is 568 g/mol. The van der Waals surface area contributed by atoms with Crippen LogP contribution < -0.4 is 24.4 Å². The standard InChI is InChI=1S/C25H22Br2N2O5/c1-2-31-23-11-18(9-20(27)25(23)32-14-16-3-6-19(26)7-4-16)13-28-29-24(30)12-17-5-8-21-22(10-17)34-15-33-21/h3-11,13H,2,12,14-15H2,1H3,(H,29,30)/b28-13+. The second kappa shape index (κ2) is 11.4. The van der Waals surface area contributed by atoms with Crippen LogP contribution in [0.4, 0.5) is 0 Å². The minimum atomic E-state index is -0.242. The first-order valence-corrected chi connectivity index (χ1v) is 12.1. The van der Waals surface area contributed by atoms with Gasteiger partial charge in [-0.25, -0.2) is 5.43 Å². The smallest absolute Gasteiger partial charge is 0.244 e. The fourth-order valence-corrected chi connectivity index (χ4v) is 4.09. The zero-order valence-corrected chi connectivity index (χ0v) is 21.5. The van der Waals surface area contributed by atoms with Crippen LogP contribution in [-0.4, -0.2) is 25.5 Å². The van der Waals surface area contributed by atoms with E-state index in [2.05, 4.69) is 42.4 Å². The first-order valence-electron chi connectivity index (χ1n) is 10.6. The number of carbonyl (C=O) groups is 1. The summed E-state index contributed by atoms with van der Waals surface area (Å²) in [5.41, 5.74) is 5.14. The number of halogens is 2. The fourth-order valence-electron chi connectivity index (χ4n) is 3.26. The Morgan fingerprint density at radius 3 is 2.59 bits per heavy atom. The van der Waals surface area contributed by atoms with Crippen molar-refractivity contribution in [2.24, 2.45) is 5.10 Å². The highest BCUT2D eigenvalue weighted by atomic mass is 79.9. The van der Waals surface area contributed by atoms with Crippen molar-refractivity contribution in [3.8, 4) is 23.0 Å². The molecule has 0 saturated carbocycles. The molecule has 4 rings (SSSR count). The highest BCUT2D eigenvalue weighted by molar-refractivity contribution is 9.10. The van der Waals surface area contributed by atoms with Crippen LogP contribution in [0.3, 0.4) is 0 Å². The van der Waals surface area contributed by atoms with Crippen molar-refractivity contribution < 1.29 is 23.7 Å². The lowest BCUT2D eigenvalue weighted by molar-refractivity contribution is -0.120. The van der Waals surface area contributed by atoms with Gasteiger partial charge in [0.2, 0.25) is 12.7 Å². The van der Waals surface area contributed by atoms with E-state index in [4.69, 9.17) is 18.9 Å². The number of carbonyl (C=O) groups excluding carboxylic acids is 1. The highest BCUT2D eigenvalue weighted by Gasteiger charge is 2.15. The summed E-state index contributed by atoms with van der Waals surface area (Å²) in [5, 5.41) is 4.08.